The molecule has 0 unspecified atom stereocenters. The molecule has 2 heterocycles. The molecule has 0 amide bonds. The van der Waals surface area contributed by atoms with Gasteiger partial charge in [0.25, 0.3) is 6.71 Å². The standard InChI is InChI=1S/C33H41BS2/c1-8-9-10-11-12-28-17-18-29(35-28)30-19-20-31(36-30)34(32-24(3)21-23(2)22-25(32)4)27-15-13-26(14-16-27)33(5,6)7/h13-22H,8-12H2,1-7H3. The highest BCUT2D eigenvalue weighted by atomic mass is 32.1. The summed E-state index contributed by atoms with van der Waals surface area (Å²) in [4.78, 5) is 4.33. The van der Waals surface area contributed by atoms with E-state index in [1.165, 1.54) is 84.7 Å². The highest BCUT2D eigenvalue weighted by molar-refractivity contribution is 7.31. The number of benzene rings is 2. The number of hydrogen-bond donors (Lipinski definition) is 0. The van der Waals surface area contributed by atoms with Gasteiger partial charge in [-0.3, -0.25) is 0 Å². The van der Waals surface area contributed by atoms with Crippen molar-refractivity contribution in [3.8, 4) is 9.75 Å². The van der Waals surface area contributed by atoms with Crippen LogP contribution in [0.3, 0.4) is 0 Å². The minimum Gasteiger partial charge on any atom is -0.148 e. The van der Waals surface area contributed by atoms with E-state index in [0.29, 0.717) is 0 Å². The predicted octanol–water partition coefficient (Wildman–Crippen LogP) is 8.34. The van der Waals surface area contributed by atoms with E-state index in [9.17, 15) is 0 Å². The van der Waals surface area contributed by atoms with E-state index in [4.69, 9.17) is 0 Å². The summed E-state index contributed by atoms with van der Waals surface area (Å²) in [6.45, 7) is 16.2. The summed E-state index contributed by atoms with van der Waals surface area (Å²) in [7, 11) is 0. The number of hydrogen-bond acceptors (Lipinski definition) is 2. The van der Waals surface area contributed by atoms with Gasteiger partial charge in [0.05, 0.1) is 0 Å². The molecule has 0 aliphatic rings. The molecule has 0 aliphatic heterocycles. The van der Waals surface area contributed by atoms with E-state index in [1.54, 1.807) is 0 Å². The Morgan fingerprint density at radius 3 is 2.00 bits per heavy atom. The third-order valence-electron chi connectivity index (χ3n) is 7.23. The average Bonchev–Trinajstić information content (AvgIpc) is 3.48. The Kier molecular flexibility index (Phi) is 8.63. The molecule has 2 aromatic carbocycles. The molecule has 0 bridgehead atoms. The fourth-order valence-electron chi connectivity index (χ4n) is 5.31. The predicted molar refractivity (Wildman–Crippen MR) is 166 cm³/mol. The first kappa shape index (κ1) is 27.0. The lowest BCUT2D eigenvalue weighted by Crippen LogP contribution is -2.53. The van der Waals surface area contributed by atoms with E-state index in [0.717, 1.165) is 0 Å². The Morgan fingerprint density at radius 2 is 1.36 bits per heavy atom. The fourth-order valence-corrected chi connectivity index (χ4v) is 7.59. The highest BCUT2D eigenvalue weighted by Gasteiger charge is 2.28. The molecule has 0 aliphatic carbocycles. The molecule has 0 atom stereocenters. The van der Waals surface area contributed by atoms with E-state index >= 15 is 0 Å². The lowest BCUT2D eigenvalue weighted by atomic mass is 9.38. The van der Waals surface area contributed by atoms with Crippen LogP contribution in [-0.4, -0.2) is 6.71 Å². The average molecular weight is 513 g/mol. The van der Waals surface area contributed by atoms with Gasteiger partial charge in [-0.1, -0.05) is 117 Å². The second-order valence-corrected chi connectivity index (χ2v) is 13.7. The minimum atomic E-state index is 0.160. The molecule has 0 nitrogen and oxygen atoms in total. The van der Waals surface area contributed by atoms with E-state index < -0.39 is 0 Å². The van der Waals surface area contributed by atoms with Crippen LogP contribution < -0.4 is 15.7 Å². The number of aryl methyl sites for hydroxylation is 4. The summed E-state index contributed by atoms with van der Waals surface area (Å²) < 4.78 is 1.43. The van der Waals surface area contributed by atoms with E-state index in [1.807, 2.05) is 22.7 Å². The molecule has 3 heteroatoms. The summed E-state index contributed by atoms with van der Waals surface area (Å²) >= 11 is 3.95. The number of rotatable bonds is 9. The van der Waals surface area contributed by atoms with Crippen LogP contribution in [0.25, 0.3) is 9.75 Å². The van der Waals surface area contributed by atoms with Gasteiger partial charge in [0.15, 0.2) is 0 Å². The SMILES string of the molecule is CCCCCCc1ccc(-c2ccc(B(c3ccc(C(C)(C)C)cc3)c3c(C)cc(C)cc3C)s2)s1. The van der Waals surface area contributed by atoms with Gasteiger partial charge >= 0.3 is 0 Å². The largest absolute Gasteiger partial charge is 0.254 e. The molecule has 0 radical (unpaired) electrons. The Balaban J connectivity index is 1.70. The summed E-state index contributed by atoms with van der Waals surface area (Å²) in [5.41, 5.74) is 8.50. The van der Waals surface area contributed by atoms with Gasteiger partial charge in [-0.15, -0.1) is 22.7 Å². The second kappa shape index (κ2) is 11.5. The first-order valence-electron chi connectivity index (χ1n) is 13.5. The van der Waals surface area contributed by atoms with Gasteiger partial charge in [0.1, 0.15) is 0 Å². The normalized spacial score (nSPS) is 11.8. The molecule has 0 saturated heterocycles. The summed E-state index contributed by atoms with van der Waals surface area (Å²) in [5.74, 6) is 0. The Morgan fingerprint density at radius 1 is 0.722 bits per heavy atom. The van der Waals surface area contributed by atoms with Crippen molar-refractivity contribution in [2.75, 3.05) is 0 Å². The van der Waals surface area contributed by atoms with Gasteiger partial charge in [-0.05, 0) is 67.6 Å². The smallest absolute Gasteiger partial charge is 0.148 e. The molecular weight excluding hydrogens is 471 g/mol. The van der Waals surface area contributed by atoms with Crippen LogP contribution in [0.2, 0.25) is 0 Å². The first-order chi connectivity index (χ1) is 17.2. The Hall–Kier alpha value is -2.10. The van der Waals surface area contributed by atoms with Crippen molar-refractivity contribution in [1.29, 1.82) is 0 Å². The van der Waals surface area contributed by atoms with Crippen LogP contribution in [0.1, 0.15) is 80.5 Å². The molecule has 36 heavy (non-hydrogen) atoms. The van der Waals surface area contributed by atoms with E-state index in [-0.39, 0.29) is 12.1 Å². The van der Waals surface area contributed by atoms with Crippen LogP contribution >= 0.6 is 22.7 Å². The van der Waals surface area contributed by atoms with Crippen LogP contribution in [-0.2, 0) is 11.8 Å². The van der Waals surface area contributed by atoms with Crippen LogP contribution in [0.15, 0.2) is 60.7 Å². The summed E-state index contributed by atoms with van der Waals surface area (Å²) in [6, 6.07) is 23.5. The fraction of sp³-hybridized carbons (Fsp3) is 0.394. The van der Waals surface area contributed by atoms with Gasteiger partial charge in [-0.25, -0.2) is 0 Å². The minimum absolute atomic E-state index is 0.160. The molecule has 2 aromatic heterocycles. The topological polar surface area (TPSA) is 0 Å². The van der Waals surface area contributed by atoms with Gasteiger partial charge in [-0.2, -0.15) is 0 Å². The van der Waals surface area contributed by atoms with Crippen LogP contribution in [0.5, 0.6) is 0 Å². The van der Waals surface area contributed by atoms with Crippen LogP contribution in [0.4, 0.5) is 0 Å². The van der Waals surface area contributed by atoms with Crippen molar-refractivity contribution in [2.45, 2.75) is 86.0 Å². The van der Waals surface area contributed by atoms with Crippen molar-refractivity contribution in [1.82, 2.24) is 0 Å². The van der Waals surface area contributed by atoms with Gasteiger partial charge < -0.3 is 0 Å². The van der Waals surface area contributed by atoms with Crippen molar-refractivity contribution in [3.63, 3.8) is 0 Å². The lowest BCUT2D eigenvalue weighted by molar-refractivity contribution is 0.590. The number of thiophene rings is 2. The van der Waals surface area contributed by atoms with Crippen LogP contribution in [0, 0.1) is 20.8 Å². The van der Waals surface area contributed by atoms with Crippen molar-refractivity contribution < 1.29 is 0 Å². The molecule has 0 N–H and O–H groups in total. The maximum Gasteiger partial charge on any atom is 0.254 e. The third-order valence-corrected chi connectivity index (χ3v) is 9.72. The molecule has 0 saturated carbocycles. The third kappa shape index (κ3) is 6.24. The maximum absolute atomic E-state index is 2.38. The summed E-state index contributed by atoms with van der Waals surface area (Å²) in [5, 5.41) is 0. The van der Waals surface area contributed by atoms with E-state index in [2.05, 4.69) is 109 Å². The molecule has 4 rings (SSSR count). The monoisotopic (exact) mass is 512 g/mol. The highest BCUT2D eigenvalue weighted by Crippen LogP contribution is 2.32. The molecule has 0 spiro atoms. The van der Waals surface area contributed by atoms with Crippen molar-refractivity contribution in [3.05, 3.63) is 87.8 Å². The molecule has 188 valence electrons. The second-order valence-electron chi connectivity index (χ2n) is 11.4. The molecule has 0 fully saturated rings. The van der Waals surface area contributed by atoms with Crippen molar-refractivity contribution in [2.24, 2.45) is 0 Å². The Labute approximate surface area is 227 Å². The van der Waals surface area contributed by atoms with Crippen molar-refractivity contribution >= 4 is 45.1 Å². The zero-order chi connectivity index (χ0) is 25.9. The zero-order valence-electron chi connectivity index (χ0n) is 23.2. The quantitative estimate of drug-likeness (QED) is 0.156. The summed E-state index contributed by atoms with van der Waals surface area (Å²) in [6.07, 6.45) is 6.52. The first-order valence-corrected chi connectivity index (χ1v) is 15.2. The number of unbranched alkanes of at least 4 members (excludes halogenated alkanes) is 3. The van der Waals surface area contributed by atoms with Gasteiger partial charge in [0.2, 0.25) is 0 Å². The molecular formula is C33H41BS2. The van der Waals surface area contributed by atoms with Gasteiger partial charge in [0, 0.05) is 14.6 Å². The zero-order valence-corrected chi connectivity index (χ0v) is 24.8. The lowest BCUT2D eigenvalue weighted by Gasteiger charge is -2.22. The maximum atomic E-state index is 2.38. The molecule has 4 aromatic rings. The Bertz CT molecular complexity index is 1260.